The van der Waals surface area contributed by atoms with Gasteiger partial charge in [0.15, 0.2) is 29.1 Å². The Balaban J connectivity index is 0.000000385. The molecule has 19 N–H and O–H groups in total. The van der Waals surface area contributed by atoms with Gasteiger partial charge in [-0.15, -0.1) is 5.69 Å². The van der Waals surface area contributed by atoms with Crippen LogP contribution < -0.4 is 42.5 Å². The van der Waals surface area contributed by atoms with Crippen molar-refractivity contribution in [2.45, 2.75) is 19.8 Å². The van der Waals surface area contributed by atoms with Crippen LogP contribution in [0.4, 0.5) is 34.1 Å². The van der Waals surface area contributed by atoms with Gasteiger partial charge in [-0.25, -0.2) is 26.9 Å². The SMILES string of the molecule is Cc1cc(NC(=O)c2cc(NC(=O)c3nccn3C)cn2C)cn1C.Cn1cc(CC(=O)c2nccn2C)cc1C(=O)Cc1c[nH]c(C(=O)NC[NH-])c1.Cn1cc(NC(=O)c2cc(NC(=O)c3nccn3C)cn2C)cc1C(=O)NC[NH-].[CH2-]c1cc(NC(=O)c2cc(NC(=O)c3nccn3C)cn2C)cn1C.[Cl][Pt].[NH2-].[NH2-].[NH2-].[NH2-].[Pt+4]. The Hall–Kier alpha value is -12.5. The molecule has 613 valence electrons. The summed E-state index contributed by atoms with van der Waals surface area (Å²) in [5.74, 6) is -1.77. The predicted molar refractivity (Wildman–Crippen MR) is 425 cm³/mol. The summed E-state index contributed by atoms with van der Waals surface area (Å²) in [6, 6.07) is 13.3. The minimum atomic E-state index is -0.402. The Kier molecular flexibility index (Phi) is 36.4. The molecule has 0 aliphatic heterocycles. The Morgan fingerprint density at radius 2 is 0.693 bits per heavy atom. The van der Waals surface area contributed by atoms with E-state index in [1.54, 1.807) is 246 Å². The van der Waals surface area contributed by atoms with E-state index in [4.69, 9.17) is 11.5 Å². The average molecular weight is 1950 g/mol. The van der Waals surface area contributed by atoms with Crippen molar-refractivity contribution in [3.05, 3.63) is 271 Å². The third-order valence-corrected chi connectivity index (χ3v) is 16.6. The zero-order chi connectivity index (χ0) is 79.7. The van der Waals surface area contributed by atoms with E-state index in [-0.39, 0.29) is 125 Å². The van der Waals surface area contributed by atoms with Gasteiger partial charge < -0.3 is 134 Å². The Morgan fingerprint density at radius 1 is 0.377 bits per heavy atom. The quantitative estimate of drug-likeness (QED) is 0.0225. The molecule has 0 atom stereocenters. The van der Waals surface area contributed by atoms with Gasteiger partial charge in [0.25, 0.3) is 47.3 Å². The Labute approximate surface area is 685 Å². The Bertz CT molecular complexity index is 5120. The molecule has 0 aliphatic rings. The van der Waals surface area contributed by atoms with Crippen LogP contribution >= 0.6 is 9.42 Å². The molecule has 0 spiro atoms. The molecule has 0 bridgehead atoms. The monoisotopic (exact) mass is 1950 g/mol. The minimum absolute atomic E-state index is 0. The van der Waals surface area contributed by atoms with Crippen LogP contribution in [0.25, 0.3) is 36.1 Å². The first-order valence-electron chi connectivity index (χ1n) is 32.8. The number of hydrogen-bond donors (Lipinski definition) is 9. The number of aromatic amines is 1. The van der Waals surface area contributed by atoms with Crippen molar-refractivity contribution in [3.63, 3.8) is 0 Å². The smallest absolute Gasteiger partial charge is 0.693 e. The summed E-state index contributed by atoms with van der Waals surface area (Å²) in [7, 11) is 23.9. The number of H-pyrrole nitrogens is 1. The topological polar surface area (TPSA) is 570 Å². The maximum atomic E-state index is 12.7. The molecule has 12 rings (SSSR count). The summed E-state index contributed by atoms with van der Waals surface area (Å²) >= 11 is 1.61. The van der Waals surface area contributed by atoms with Crippen LogP contribution in [0.3, 0.4) is 0 Å². The molecule has 12 aromatic heterocycles. The molecular weight excluding hydrogens is 1860 g/mol. The van der Waals surface area contributed by atoms with Crippen molar-refractivity contribution in [1.29, 1.82) is 0 Å². The van der Waals surface area contributed by atoms with Gasteiger partial charge >= 0.3 is 49.3 Å². The molecule has 0 radical (unpaired) electrons. The number of aromatic nitrogens is 16. The fourth-order valence-corrected chi connectivity index (χ4v) is 11.0. The summed E-state index contributed by atoms with van der Waals surface area (Å²) in [5, 5.41) is 21.4. The molecule has 12 heterocycles. The second kappa shape index (κ2) is 43.3. The molecule has 12 aromatic rings. The van der Waals surface area contributed by atoms with Crippen molar-refractivity contribution >= 4 is 102 Å². The van der Waals surface area contributed by atoms with Crippen LogP contribution in [-0.2, 0) is 130 Å². The number of rotatable bonds is 22. The van der Waals surface area contributed by atoms with E-state index in [2.05, 4.69) is 83.8 Å². The number of halogens is 1. The molecule has 114 heavy (non-hydrogen) atoms. The molecule has 8 amide bonds. The minimum Gasteiger partial charge on any atom is -0.693 e. The molecule has 0 saturated carbocycles. The number of anilines is 6. The number of ketones is 2. The fourth-order valence-electron chi connectivity index (χ4n) is 11.0. The van der Waals surface area contributed by atoms with Crippen molar-refractivity contribution < 1.29 is 87.8 Å². The van der Waals surface area contributed by atoms with E-state index in [0.717, 1.165) is 22.6 Å². The number of aryl methyl sites for hydroxylation is 12. The van der Waals surface area contributed by atoms with Crippen LogP contribution in [-0.4, -0.2) is 147 Å². The molecule has 0 aliphatic carbocycles. The average Bonchev–Trinajstić information content (AvgIpc) is 1.69. The largest absolute Gasteiger partial charge is 4.00 e. The van der Waals surface area contributed by atoms with Crippen molar-refractivity contribution in [2.75, 3.05) is 45.2 Å². The van der Waals surface area contributed by atoms with Crippen LogP contribution in [0.2, 0.25) is 0 Å². The number of nitrogens with one attached hydrogen (secondary N) is 11. The number of imidazole rings is 4. The number of hydrogen-bond acceptors (Lipinski definition) is 14. The second-order valence-corrected chi connectivity index (χ2v) is 24.7. The summed E-state index contributed by atoms with van der Waals surface area (Å²) in [6.45, 7) is 5.37. The van der Waals surface area contributed by atoms with E-state index in [0.29, 0.717) is 85.6 Å². The van der Waals surface area contributed by atoms with E-state index in [9.17, 15) is 47.9 Å². The molecule has 43 heteroatoms. The fraction of sp³-hybridized carbons (Fsp3) is 0.225. The maximum absolute atomic E-state index is 12.7. The standard InChI is InChI=1S/C19H21N6O3.C18H21N8O3.C17H20N6O2.C17H19N6O2.ClH.4H2N.2Pt/c1-24-4-3-21-18(24)17(27)8-13-6-15(25(2)10-13)16(26)7-12-5-14(22-9-12)19(28)23-11-20;1-24-5-4-20-15(24)18(29)23-12-7-14(26(3)9-12)17(28)22-11-6-13(25(2)8-11)16(27)21-10-19;2*1-11-7-12(9-22(11)3)19-16(24)14-8-13(10-23(14)4)20-17(25)15-18-5-6-21(15)2;;;;;;;/h3-6,9-10,20,22H,7-8,11H2,1-2H3,(H,23,28);4-9,19H,10H2,1-3H3,(H,21,27)(H,22,28)(H,23,29);5-10H,1-4H3,(H,19,24)(H,20,25);5-10H,1H2,2-4H3,(H,19,24)(H,20,25);1H;4*1H2;;/q2*-1;;-1;;4*-1;+1;+4/p-1. The molecule has 0 aromatic carbocycles. The van der Waals surface area contributed by atoms with E-state index >= 15 is 0 Å². The molecule has 0 fully saturated rings. The zero-order valence-corrected chi connectivity index (χ0v) is 69.3. The van der Waals surface area contributed by atoms with Gasteiger partial charge in [0.05, 0.1) is 34.1 Å². The van der Waals surface area contributed by atoms with E-state index in [1.807, 2.05) is 42.4 Å². The first-order chi connectivity index (χ1) is 51.9. The Morgan fingerprint density at radius 3 is 1.04 bits per heavy atom. The number of amides is 8. The zero-order valence-electron chi connectivity index (χ0n) is 64.0. The second-order valence-electron chi connectivity index (χ2n) is 24.7. The summed E-state index contributed by atoms with van der Waals surface area (Å²) in [5.41, 5.74) is 23.0. The summed E-state index contributed by atoms with van der Waals surface area (Å²) in [6.07, 6.45) is 26.8. The number of carbonyl (C=O) groups is 10. The van der Waals surface area contributed by atoms with Gasteiger partial charge in [0.2, 0.25) is 5.78 Å². The van der Waals surface area contributed by atoms with Gasteiger partial charge in [-0.2, -0.15) is 6.07 Å². The number of Topliss-reactive ketones (excluding diaryl/α,β-unsaturated/α-hetero) is 2. The first-order valence-corrected chi connectivity index (χ1v) is 35.6. The van der Waals surface area contributed by atoms with Gasteiger partial charge in [-0.3, -0.25) is 47.9 Å². The van der Waals surface area contributed by atoms with Crippen molar-refractivity contribution in [1.82, 2.24) is 85.8 Å². The van der Waals surface area contributed by atoms with Crippen molar-refractivity contribution in [2.24, 2.45) is 77.5 Å². The van der Waals surface area contributed by atoms with Gasteiger partial charge in [0, 0.05) is 195 Å². The van der Waals surface area contributed by atoms with Gasteiger partial charge in [-0.1, -0.05) is 13.3 Å². The van der Waals surface area contributed by atoms with Gasteiger partial charge in [0.1, 0.15) is 28.5 Å². The first kappa shape index (κ1) is 95.7. The number of nitrogens with zero attached hydrogens (tertiary/aromatic N) is 15. The van der Waals surface area contributed by atoms with E-state index < -0.39 is 11.8 Å². The summed E-state index contributed by atoms with van der Waals surface area (Å²) in [4.78, 5) is 142. The van der Waals surface area contributed by atoms with Crippen LogP contribution in [0.1, 0.15) is 128 Å². The third-order valence-electron chi connectivity index (χ3n) is 16.6. The normalized spacial score (nSPS) is 10.1. The predicted octanol–water partition coefficient (Wildman–Crippen LogP) is 10.3. The maximum Gasteiger partial charge on any atom is 4.00 e. The van der Waals surface area contributed by atoms with Gasteiger partial charge in [-0.05, 0) is 66.2 Å². The summed E-state index contributed by atoms with van der Waals surface area (Å²) < 4.78 is 18.4. The van der Waals surface area contributed by atoms with Crippen LogP contribution in [0.5, 0.6) is 0 Å². The molecule has 0 unspecified atom stereocenters. The number of carbonyl (C=O) groups excluding carboxylic acids is 10. The molecular formula is C71H89ClN30O10Pt2-3. The third kappa shape index (κ3) is 24.5. The van der Waals surface area contributed by atoms with Crippen LogP contribution in [0.15, 0.2) is 148 Å². The molecule has 0 saturated heterocycles. The number of nitrogens with two attached hydrogens (primary N) is 4. The van der Waals surface area contributed by atoms with E-state index in [1.165, 1.54) is 12.3 Å². The van der Waals surface area contributed by atoms with Crippen LogP contribution in [0, 0.1) is 13.8 Å². The molecule has 40 nitrogen and oxygen atoms in total. The van der Waals surface area contributed by atoms with Crippen molar-refractivity contribution in [3.8, 4) is 0 Å².